The molecule has 1 aliphatic carbocycles. The van der Waals surface area contributed by atoms with Crippen molar-refractivity contribution in [2.24, 2.45) is 5.73 Å². The zero-order valence-electron chi connectivity index (χ0n) is 9.96. The van der Waals surface area contributed by atoms with Gasteiger partial charge < -0.3 is 11.1 Å². The molecule has 0 heterocycles. The van der Waals surface area contributed by atoms with Gasteiger partial charge in [-0.2, -0.15) is 0 Å². The highest BCUT2D eigenvalue weighted by atomic mass is 79.9. The van der Waals surface area contributed by atoms with Gasteiger partial charge >= 0.3 is 0 Å². The second kappa shape index (κ2) is 6.04. The number of hydrogen-bond donors (Lipinski definition) is 2. The fourth-order valence-electron chi connectivity index (χ4n) is 2.20. The third-order valence-corrected chi connectivity index (χ3v) is 4.17. The first-order chi connectivity index (χ1) is 8.56. The minimum atomic E-state index is -0.0565. The van der Waals surface area contributed by atoms with Gasteiger partial charge in [0.1, 0.15) is 0 Å². The molecule has 0 spiro atoms. The summed E-state index contributed by atoms with van der Waals surface area (Å²) in [6.07, 6.45) is 3.87. The van der Waals surface area contributed by atoms with Crippen molar-refractivity contribution in [1.82, 2.24) is 5.32 Å². The molecular formula is C13H16BrClN2O. The van der Waals surface area contributed by atoms with Crippen LogP contribution >= 0.6 is 27.5 Å². The minimum absolute atomic E-state index is 0.0565. The number of nitrogens with two attached hydrogens (primary N) is 1. The van der Waals surface area contributed by atoms with Crippen LogP contribution < -0.4 is 11.1 Å². The van der Waals surface area contributed by atoms with Gasteiger partial charge in [-0.3, -0.25) is 4.79 Å². The molecule has 1 saturated carbocycles. The Morgan fingerprint density at radius 3 is 2.61 bits per heavy atom. The molecule has 0 unspecified atom stereocenters. The normalized spacial score (nSPS) is 23.7. The number of nitrogens with one attached hydrogen (secondary N) is 1. The van der Waals surface area contributed by atoms with Gasteiger partial charge in [0.15, 0.2) is 0 Å². The second-order valence-corrected chi connectivity index (χ2v) is 6.00. The molecule has 0 aliphatic heterocycles. The number of carbonyl (C=O) groups is 1. The number of halogens is 2. The highest BCUT2D eigenvalue weighted by Crippen LogP contribution is 2.23. The lowest BCUT2D eigenvalue weighted by Gasteiger charge is -2.26. The van der Waals surface area contributed by atoms with Crippen LogP contribution in [0.25, 0.3) is 0 Å². The van der Waals surface area contributed by atoms with Crippen LogP contribution in [0, 0.1) is 0 Å². The van der Waals surface area contributed by atoms with Gasteiger partial charge in [-0.05, 0) is 59.8 Å². The fraction of sp³-hybridized carbons (Fsp3) is 0.462. The molecule has 1 amide bonds. The van der Waals surface area contributed by atoms with Crippen LogP contribution in [0.5, 0.6) is 0 Å². The Balaban J connectivity index is 1.99. The predicted molar refractivity (Wildman–Crippen MR) is 76.8 cm³/mol. The Labute approximate surface area is 120 Å². The average molecular weight is 332 g/mol. The van der Waals surface area contributed by atoms with E-state index in [-0.39, 0.29) is 11.9 Å². The molecule has 0 bridgehead atoms. The van der Waals surface area contributed by atoms with E-state index in [0.29, 0.717) is 16.6 Å². The molecule has 0 atom stereocenters. The van der Waals surface area contributed by atoms with Gasteiger partial charge in [0, 0.05) is 21.6 Å². The van der Waals surface area contributed by atoms with Crippen molar-refractivity contribution in [3.05, 3.63) is 33.3 Å². The van der Waals surface area contributed by atoms with Crippen LogP contribution in [0.1, 0.15) is 36.0 Å². The van der Waals surface area contributed by atoms with Gasteiger partial charge in [-0.1, -0.05) is 11.6 Å². The van der Waals surface area contributed by atoms with Crippen molar-refractivity contribution in [3.63, 3.8) is 0 Å². The Morgan fingerprint density at radius 1 is 1.33 bits per heavy atom. The summed E-state index contributed by atoms with van der Waals surface area (Å²) in [4.78, 5) is 12.1. The Bertz CT molecular complexity index is 445. The van der Waals surface area contributed by atoms with Crippen molar-refractivity contribution in [2.75, 3.05) is 0 Å². The minimum Gasteiger partial charge on any atom is -0.349 e. The van der Waals surface area contributed by atoms with Gasteiger partial charge in [0.25, 0.3) is 5.91 Å². The lowest BCUT2D eigenvalue weighted by Crippen LogP contribution is -2.40. The van der Waals surface area contributed by atoms with Crippen LogP contribution in [0.3, 0.4) is 0 Å². The van der Waals surface area contributed by atoms with E-state index in [0.717, 1.165) is 30.2 Å². The number of hydrogen-bond acceptors (Lipinski definition) is 2. The van der Waals surface area contributed by atoms with Crippen LogP contribution in [-0.2, 0) is 0 Å². The van der Waals surface area contributed by atoms with E-state index in [1.54, 1.807) is 18.2 Å². The summed E-state index contributed by atoms with van der Waals surface area (Å²) in [5, 5.41) is 3.66. The third kappa shape index (κ3) is 3.46. The summed E-state index contributed by atoms with van der Waals surface area (Å²) in [5.41, 5.74) is 6.46. The van der Waals surface area contributed by atoms with Gasteiger partial charge in [-0.15, -0.1) is 0 Å². The zero-order chi connectivity index (χ0) is 13.1. The molecule has 0 aromatic heterocycles. The van der Waals surface area contributed by atoms with Crippen molar-refractivity contribution in [3.8, 4) is 0 Å². The quantitative estimate of drug-likeness (QED) is 0.875. The molecule has 5 heteroatoms. The molecular weight excluding hydrogens is 316 g/mol. The molecule has 2 rings (SSSR count). The van der Waals surface area contributed by atoms with Crippen LogP contribution in [0.4, 0.5) is 0 Å². The number of rotatable bonds is 2. The summed E-state index contributed by atoms with van der Waals surface area (Å²) < 4.78 is 0.722. The molecule has 1 aromatic carbocycles. The van der Waals surface area contributed by atoms with E-state index in [9.17, 15) is 4.79 Å². The van der Waals surface area contributed by atoms with Crippen LogP contribution in [0.15, 0.2) is 22.7 Å². The number of amides is 1. The average Bonchev–Trinajstić information content (AvgIpc) is 2.32. The van der Waals surface area contributed by atoms with E-state index in [1.165, 1.54) is 0 Å². The lowest BCUT2D eigenvalue weighted by atomic mass is 9.91. The predicted octanol–water partition coefficient (Wildman–Crippen LogP) is 3.10. The molecule has 18 heavy (non-hydrogen) atoms. The molecule has 1 aromatic rings. The highest BCUT2D eigenvalue weighted by molar-refractivity contribution is 9.10. The maximum atomic E-state index is 12.1. The third-order valence-electron chi connectivity index (χ3n) is 3.28. The van der Waals surface area contributed by atoms with Crippen molar-refractivity contribution >= 4 is 33.4 Å². The second-order valence-electron chi connectivity index (χ2n) is 4.71. The van der Waals surface area contributed by atoms with Gasteiger partial charge in [-0.25, -0.2) is 0 Å². The van der Waals surface area contributed by atoms with Crippen molar-refractivity contribution in [2.45, 2.75) is 37.8 Å². The van der Waals surface area contributed by atoms with Crippen molar-refractivity contribution in [1.29, 1.82) is 0 Å². The highest BCUT2D eigenvalue weighted by Gasteiger charge is 2.21. The zero-order valence-corrected chi connectivity index (χ0v) is 12.3. The van der Waals surface area contributed by atoms with E-state index in [4.69, 9.17) is 17.3 Å². The summed E-state index contributed by atoms with van der Waals surface area (Å²) in [6.45, 7) is 0. The Kier molecular flexibility index (Phi) is 4.65. The maximum Gasteiger partial charge on any atom is 0.252 e. The molecule has 1 aliphatic rings. The number of benzene rings is 1. The smallest absolute Gasteiger partial charge is 0.252 e. The van der Waals surface area contributed by atoms with Gasteiger partial charge in [0.2, 0.25) is 0 Å². The van der Waals surface area contributed by atoms with E-state index in [1.807, 2.05) is 0 Å². The Hall–Kier alpha value is -0.580. The van der Waals surface area contributed by atoms with Crippen LogP contribution in [0.2, 0.25) is 5.02 Å². The molecule has 3 N–H and O–H groups in total. The molecule has 98 valence electrons. The first kappa shape index (κ1) is 13.8. The molecule has 0 saturated heterocycles. The summed E-state index contributed by atoms with van der Waals surface area (Å²) in [6, 6.07) is 5.71. The number of carbonyl (C=O) groups excluding carboxylic acids is 1. The van der Waals surface area contributed by atoms with Crippen molar-refractivity contribution < 1.29 is 4.79 Å². The van der Waals surface area contributed by atoms with Gasteiger partial charge in [0.05, 0.1) is 5.56 Å². The molecule has 3 nitrogen and oxygen atoms in total. The SMILES string of the molecule is NC1CCC(NC(=O)c2ccc(Cl)cc2Br)CC1. The summed E-state index contributed by atoms with van der Waals surface area (Å²) in [7, 11) is 0. The van der Waals surface area contributed by atoms with Crippen LogP contribution in [-0.4, -0.2) is 18.0 Å². The summed E-state index contributed by atoms with van der Waals surface area (Å²) >= 11 is 9.21. The van der Waals surface area contributed by atoms with E-state index >= 15 is 0 Å². The lowest BCUT2D eigenvalue weighted by molar-refractivity contribution is 0.0925. The maximum absolute atomic E-state index is 12.1. The molecule has 0 radical (unpaired) electrons. The monoisotopic (exact) mass is 330 g/mol. The van der Waals surface area contributed by atoms with E-state index in [2.05, 4.69) is 21.2 Å². The standard InChI is InChI=1S/C13H16BrClN2O/c14-12-7-8(15)1-6-11(12)13(18)17-10-4-2-9(16)3-5-10/h1,6-7,9-10H,2-5,16H2,(H,17,18). The molecule has 1 fully saturated rings. The topological polar surface area (TPSA) is 55.1 Å². The first-order valence-corrected chi connectivity index (χ1v) is 7.25. The first-order valence-electron chi connectivity index (χ1n) is 6.08. The fourth-order valence-corrected chi connectivity index (χ4v) is 3.06. The van der Waals surface area contributed by atoms with E-state index < -0.39 is 0 Å². The summed E-state index contributed by atoms with van der Waals surface area (Å²) in [5.74, 6) is -0.0565. The Morgan fingerprint density at radius 2 is 2.00 bits per heavy atom. The largest absolute Gasteiger partial charge is 0.349 e.